The Morgan fingerprint density at radius 1 is 0.778 bits per heavy atom. The molecule has 0 saturated heterocycles. The smallest absolute Gasteiger partial charge is 0.243 e. The molecule has 4 amide bonds. The van der Waals surface area contributed by atoms with Crippen molar-refractivity contribution in [1.82, 2.24) is 21.3 Å². The number of hydrogen-bond acceptors (Lipinski definition) is 10. The van der Waals surface area contributed by atoms with Gasteiger partial charge in [-0.3, -0.25) is 19.2 Å². The van der Waals surface area contributed by atoms with E-state index < -0.39 is 29.8 Å². The molecule has 0 fully saturated rings. The highest BCUT2D eigenvalue weighted by atomic mass is 16.3. The van der Waals surface area contributed by atoms with E-state index in [9.17, 15) is 29.4 Å². The standard InChI is InChI=1S/C31H48N8O6/c1-19-14-20(6-8-26(19)40)21-7-9-27(41)22(15-21)16-25(39-31(45)24(5-3-12-33)38-29(43)17-34)30(44)36-13-10-28(42)37-18-23(35)4-2-11-32/h6-9,14-15,23-25,40-41H,2-5,10-13,16-18,32-35H2,1H3,(H,36,44)(H,37,42)(H,38,43)(H,39,45)/t23-,24-,25-/m0/s1. The number of rotatable bonds is 19. The Balaban J connectivity index is 2.23. The van der Waals surface area contributed by atoms with E-state index in [2.05, 4.69) is 21.3 Å². The summed E-state index contributed by atoms with van der Waals surface area (Å²) in [5, 5.41) is 31.2. The fourth-order valence-corrected chi connectivity index (χ4v) is 4.55. The summed E-state index contributed by atoms with van der Waals surface area (Å²) in [6.45, 7) is 2.49. The molecule has 0 heterocycles. The first-order valence-corrected chi connectivity index (χ1v) is 15.1. The van der Waals surface area contributed by atoms with Crippen LogP contribution in [0, 0.1) is 6.92 Å². The van der Waals surface area contributed by atoms with Crippen LogP contribution in [0.1, 0.15) is 43.2 Å². The summed E-state index contributed by atoms with van der Waals surface area (Å²) in [5.41, 5.74) is 25.0. The zero-order valence-corrected chi connectivity index (χ0v) is 25.8. The van der Waals surface area contributed by atoms with Crippen LogP contribution in [0.15, 0.2) is 36.4 Å². The summed E-state index contributed by atoms with van der Waals surface area (Å²) in [6.07, 6.45) is 1.94. The van der Waals surface area contributed by atoms with Gasteiger partial charge in [0.05, 0.1) is 6.54 Å². The second-order valence-electron chi connectivity index (χ2n) is 10.9. The minimum absolute atomic E-state index is 0.0195. The highest BCUT2D eigenvalue weighted by molar-refractivity contribution is 5.92. The van der Waals surface area contributed by atoms with Crippen LogP contribution >= 0.6 is 0 Å². The predicted octanol–water partition coefficient (Wildman–Crippen LogP) is -1.03. The summed E-state index contributed by atoms with van der Waals surface area (Å²) < 4.78 is 0. The molecular formula is C31H48N8O6. The zero-order chi connectivity index (χ0) is 33.4. The highest BCUT2D eigenvalue weighted by Gasteiger charge is 2.27. The van der Waals surface area contributed by atoms with Crippen LogP contribution in [-0.4, -0.2) is 84.7 Å². The molecule has 2 aromatic carbocycles. The summed E-state index contributed by atoms with van der Waals surface area (Å²) in [7, 11) is 0. The molecule has 14 heteroatoms. The Labute approximate surface area is 263 Å². The van der Waals surface area contributed by atoms with Gasteiger partial charge in [-0.2, -0.15) is 0 Å². The number of amides is 4. The molecule has 0 bridgehead atoms. The molecule has 0 aliphatic heterocycles. The van der Waals surface area contributed by atoms with Gasteiger partial charge in [-0.1, -0.05) is 12.1 Å². The third kappa shape index (κ3) is 12.7. The second-order valence-corrected chi connectivity index (χ2v) is 10.9. The Bertz CT molecular complexity index is 1290. The largest absolute Gasteiger partial charge is 0.508 e. The van der Waals surface area contributed by atoms with Crippen molar-refractivity contribution in [2.45, 2.75) is 63.6 Å². The maximum atomic E-state index is 13.4. The molecule has 0 aliphatic rings. The van der Waals surface area contributed by atoms with Crippen molar-refractivity contribution >= 4 is 23.6 Å². The second kappa shape index (κ2) is 19.2. The molecular weight excluding hydrogens is 580 g/mol. The van der Waals surface area contributed by atoms with Gasteiger partial charge in [-0.05, 0) is 92.2 Å². The quantitative estimate of drug-likeness (QED) is 0.0904. The van der Waals surface area contributed by atoms with Gasteiger partial charge in [0.15, 0.2) is 0 Å². The number of carbonyl (C=O) groups excluding carboxylic acids is 4. The minimum atomic E-state index is -1.18. The van der Waals surface area contributed by atoms with E-state index in [0.717, 1.165) is 12.0 Å². The van der Waals surface area contributed by atoms with Crippen LogP contribution in [0.25, 0.3) is 11.1 Å². The van der Waals surface area contributed by atoms with Crippen molar-refractivity contribution in [3.05, 3.63) is 47.5 Å². The number of nitrogens with one attached hydrogen (secondary N) is 4. The number of phenolic OH excluding ortho intramolecular Hbond substituents is 2. The lowest BCUT2D eigenvalue weighted by Crippen LogP contribution is -2.55. The predicted molar refractivity (Wildman–Crippen MR) is 172 cm³/mol. The molecule has 2 rings (SSSR count). The number of aromatic hydroxyl groups is 2. The Hall–Kier alpha value is -4.24. The number of nitrogens with two attached hydrogens (primary N) is 4. The van der Waals surface area contributed by atoms with E-state index >= 15 is 0 Å². The van der Waals surface area contributed by atoms with Gasteiger partial charge < -0.3 is 54.4 Å². The van der Waals surface area contributed by atoms with Gasteiger partial charge in [-0.15, -0.1) is 0 Å². The molecule has 3 atom stereocenters. The molecule has 248 valence electrons. The summed E-state index contributed by atoms with van der Waals surface area (Å²) >= 11 is 0. The first kappa shape index (κ1) is 36.9. The first-order valence-electron chi connectivity index (χ1n) is 15.1. The Kier molecular flexibility index (Phi) is 15.8. The maximum Gasteiger partial charge on any atom is 0.243 e. The lowest BCUT2D eigenvalue weighted by Gasteiger charge is -2.24. The number of phenols is 2. The monoisotopic (exact) mass is 628 g/mol. The maximum absolute atomic E-state index is 13.4. The van der Waals surface area contributed by atoms with Crippen molar-refractivity contribution in [2.75, 3.05) is 32.7 Å². The van der Waals surface area contributed by atoms with Crippen LogP contribution in [0.5, 0.6) is 11.5 Å². The molecule has 14 nitrogen and oxygen atoms in total. The number of hydrogen-bond donors (Lipinski definition) is 10. The van der Waals surface area contributed by atoms with Crippen LogP contribution in [0.2, 0.25) is 0 Å². The molecule has 14 N–H and O–H groups in total. The molecule has 0 radical (unpaired) electrons. The van der Waals surface area contributed by atoms with Crippen molar-refractivity contribution in [1.29, 1.82) is 0 Å². The third-order valence-electron chi connectivity index (χ3n) is 7.19. The molecule has 2 aromatic rings. The fourth-order valence-electron chi connectivity index (χ4n) is 4.55. The molecule has 0 unspecified atom stereocenters. The van der Waals surface area contributed by atoms with Gasteiger partial charge in [0.2, 0.25) is 23.6 Å². The van der Waals surface area contributed by atoms with E-state index in [1.165, 1.54) is 6.07 Å². The minimum Gasteiger partial charge on any atom is -0.508 e. The van der Waals surface area contributed by atoms with E-state index in [4.69, 9.17) is 22.9 Å². The first-order chi connectivity index (χ1) is 21.5. The van der Waals surface area contributed by atoms with E-state index in [1.807, 2.05) is 0 Å². The topological polar surface area (TPSA) is 261 Å². The van der Waals surface area contributed by atoms with Gasteiger partial charge in [0.1, 0.15) is 23.6 Å². The number of aryl methyl sites for hydroxylation is 1. The van der Waals surface area contributed by atoms with Gasteiger partial charge >= 0.3 is 0 Å². The molecule has 0 saturated carbocycles. The van der Waals surface area contributed by atoms with Crippen molar-refractivity contribution in [3.8, 4) is 22.6 Å². The summed E-state index contributed by atoms with van der Waals surface area (Å²) in [6, 6.07) is 7.55. The molecule has 0 spiro atoms. The molecule has 45 heavy (non-hydrogen) atoms. The van der Waals surface area contributed by atoms with Crippen LogP contribution in [0.4, 0.5) is 0 Å². The lowest BCUT2D eigenvalue weighted by atomic mass is 9.97. The van der Waals surface area contributed by atoms with Gasteiger partial charge in [0, 0.05) is 32.0 Å². The zero-order valence-electron chi connectivity index (χ0n) is 25.8. The van der Waals surface area contributed by atoms with Crippen LogP contribution in [-0.2, 0) is 25.6 Å². The fraction of sp³-hybridized carbons (Fsp3) is 0.484. The normalized spacial score (nSPS) is 12.9. The Morgan fingerprint density at radius 2 is 1.42 bits per heavy atom. The number of benzene rings is 2. The average Bonchev–Trinajstić information content (AvgIpc) is 3.02. The van der Waals surface area contributed by atoms with Crippen LogP contribution in [0.3, 0.4) is 0 Å². The van der Waals surface area contributed by atoms with E-state index in [1.54, 1.807) is 37.3 Å². The highest BCUT2D eigenvalue weighted by Crippen LogP contribution is 2.29. The van der Waals surface area contributed by atoms with Crippen molar-refractivity contribution in [2.24, 2.45) is 22.9 Å². The van der Waals surface area contributed by atoms with E-state index in [-0.39, 0.29) is 68.9 Å². The number of carbonyl (C=O) groups is 4. The third-order valence-corrected chi connectivity index (χ3v) is 7.19. The average molecular weight is 629 g/mol. The summed E-state index contributed by atoms with van der Waals surface area (Å²) in [4.78, 5) is 51.0. The molecule has 0 aliphatic carbocycles. The Morgan fingerprint density at radius 3 is 2.07 bits per heavy atom. The lowest BCUT2D eigenvalue weighted by molar-refractivity contribution is -0.132. The molecule has 0 aromatic heterocycles. The van der Waals surface area contributed by atoms with Gasteiger partial charge in [-0.25, -0.2) is 0 Å². The van der Waals surface area contributed by atoms with E-state index in [0.29, 0.717) is 36.1 Å². The SMILES string of the molecule is Cc1cc(-c2ccc(O)c(C[C@H](NC(=O)[C@H](CCCN)NC(=O)CN)C(=O)NCCC(=O)NC[C@@H](N)CCCN)c2)ccc1O. The summed E-state index contributed by atoms with van der Waals surface area (Å²) in [5.74, 6) is -2.02. The van der Waals surface area contributed by atoms with Crippen LogP contribution < -0.4 is 44.2 Å². The van der Waals surface area contributed by atoms with Crippen molar-refractivity contribution < 1.29 is 29.4 Å². The van der Waals surface area contributed by atoms with Crippen molar-refractivity contribution in [3.63, 3.8) is 0 Å². The van der Waals surface area contributed by atoms with Gasteiger partial charge in [0.25, 0.3) is 0 Å².